The summed E-state index contributed by atoms with van der Waals surface area (Å²) in [6.07, 6.45) is 6.31. The number of fused-ring (bicyclic) bond motifs is 1. The minimum Gasteiger partial charge on any atom is -0.0984 e. The number of hydrogen-bond donors (Lipinski definition) is 0. The van der Waals surface area contributed by atoms with Crippen molar-refractivity contribution in [3.8, 4) is 0 Å². The maximum Gasteiger partial charge on any atom is -0.00731 e. The molecule has 0 nitrogen and oxygen atoms in total. The molecule has 0 spiro atoms. The summed E-state index contributed by atoms with van der Waals surface area (Å²) in [7, 11) is 0. The van der Waals surface area contributed by atoms with Crippen LogP contribution in [0.3, 0.4) is 0 Å². The molecule has 0 fully saturated rings. The van der Waals surface area contributed by atoms with Gasteiger partial charge in [-0.2, -0.15) is 0 Å². The van der Waals surface area contributed by atoms with Gasteiger partial charge >= 0.3 is 0 Å². The molecule has 2 rings (SSSR count). The standard InChI is InChI=1S/C20H22.4C2H6.CH4/c1-7-15-16(8-2)20-14(6)11-10-12-18(20)17(9-3)19(15)13(4)5;4*1-2;/h7-12H,1,4H2,2-3,5-6H3;4*1-2H3;1H4/b16-8-,17-9-;;;;;. The van der Waals surface area contributed by atoms with E-state index in [1.807, 2.05) is 61.5 Å². The predicted octanol–water partition coefficient (Wildman–Crippen LogP) is 9.17. The Balaban J connectivity index is -0.000000310. The monoisotopic (exact) mass is 398 g/mol. The van der Waals surface area contributed by atoms with Crippen molar-refractivity contribution in [3.63, 3.8) is 0 Å². The Labute approximate surface area is 183 Å². The zero-order valence-electron chi connectivity index (χ0n) is 20.9. The number of hydrogen-bond acceptors (Lipinski definition) is 0. The summed E-state index contributed by atoms with van der Waals surface area (Å²) in [5, 5.41) is 5.14. The number of benzene rings is 2. The maximum absolute atomic E-state index is 4.17. The van der Waals surface area contributed by atoms with Crippen LogP contribution in [0, 0.1) is 6.92 Å². The molecule has 166 valence electrons. The van der Waals surface area contributed by atoms with Crippen molar-refractivity contribution in [2.45, 2.75) is 90.5 Å². The Hall–Kier alpha value is -2.08. The van der Waals surface area contributed by atoms with E-state index in [-0.39, 0.29) is 7.43 Å². The highest BCUT2D eigenvalue weighted by Crippen LogP contribution is 2.19. The second-order valence-corrected chi connectivity index (χ2v) is 5.18. The first-order chi connectivity index (χ1) is 13.6. The Morgan fingerprint density at radius 2 is 1.28 bits per heavy atom. The first-order valence-electron chi connectivity index (χ1n) is 11.0. The molecule has 0 atom stereocenters. The quantitative estimate of drug-likeness (QED) is 0.473. The molecule has 0 aromatic heterocycles. The molecule has 29 heavy (non-hydrogen) atoms. The van der Waals surface area contributed by atoms with Gasteiger partial charge in [-0.05, 0) is 71.2 Å². The minimum absolute atomic E-state index is 0. The summed E-state index contributed by atoms with van der Waals surface area (Å²) in [4.78, 5) is 0. The van der Waals surface area contributed by atoms with Gasteiger partial charge in [-0.15, -0.1) is 0 Å². The fraction of sp³-hybridized carbons (Fsp3) is 0.448. The molecule has 0 saturated carbocycles. The molecular weight excluding hydrogens is 348 g/mol. The average molecular weight is 399 g/mol. The third-order valence-electron chi connectivity index (χ3n) is 3.87. The first kappa shape index (κ1) is 34.4. The summed E-state index contributed by atoms with van der Waals surface area (Å²) < 4.78 is 0. The zero-order chi connectivity index (χ0) is 22.9. The van der Waals surface area contributed by atoms with Gasteiger partial charge in [-0.25, -0.2) is 0 Å². The molecule has 0 aliphatic carbocycles. The normalized spacial score (nSPS) is 9.79. The molecule has 0 aliphatic heterocycles. The Morgan fingerprint density at radius 3 is 1.62 bits per heavy atom. The molecule has 0 aliphatic rings. The second-order valence-electron chi connectivity index (χ2n) is 5.18. The minimum atomic E-state index is 0. The van der Waals surface area contributed by atoms with Gasteiger partial charge in [-0.1, -0.05) is 112 Å². The van der Waals surface area contributed by atoms with Crippen LogP contribution >= 0.6 is 0 Å². The molecule has 0 heteroatoms. The lowest BCUT2D eigenvalue weighted by molar-refractivity contribution is 1.44. The van der Waals surface area contributed by atoms with Crippen LogP contribution in [0.4, 0.5) is 0 Å². The number of allylic oxidation sites excluding steroid dienone is 1. The van der Waals surface area contributed by atoms with Crippen molar-refractivity contribution in [1.82, 2.24) is 0 Å². The Morgan fingerprint density at radius 1 is 0.828 bits per heavy atom. The van der Waals surface area contributed by atoms with Gasteiger partial charge in [0.05, 0.1) is 0 Å². The Bertz CT molecular complexity index is 817. The lowest BCUT2D eigenvalue weighted by Gasteiger charge is -2.14. The van der Waals surface area contributed by atoms with E-state index in [9.17, 15) is 0 Å². The summed E-state index contributed by atoms with van der Waals surface area (Å²) in [5.41, 5.74) is 4.79. The smallest absolute Gasteiger partial charge is 0.00731 e. The first-order valence-corrected chi connectivity index (χ1v) is 11.0. The highest BCUT2D eigenvalue weighted by atomic mass is 14.1. The van der Waals surface area contributed by atoms with Crippen LogP contribution in [-0.2, 0) is 0 Å². The van der Waals surface area contributed by atoms with Gasteiger partial charge in [0.1, 0.15) is 0 Å². The summed E-state index contributed by atoms with van der Waals surface area (Å²) in [6, 6.07) is 6.49. The van der Waals surface area contributed by atoms with E-state index in [1.54, 1.807) is 0 Å². The molecule has 0 heterocycles. The van der Waals surface area contributed by atoms with Crippen molar-refractivity contribution in [1.29, 1.82) is 0 Å². The molecular formula is C29H50. The predicted molar refractivity (Wildman–Crippen MR) is 145 cm³/mol. The Kier molecular flexibility index (Phi) is 24.5. The van der Waals surface area contributed by atoms with Crippen molar-refractivity contribution in [2.75, 3.05) is 0 Å². The summed E-state index contributed by atoms with van der Waals surface area (Å²) in [6.45, 7) is 32.6. The molecule has 0 N–H and O–H groups in total. The largest absolute Gasteiger partial charge is 0.0984 e. The third kappa shape index (κ3) is 8.44. The van der Waals surface area contributed by atoms with Crippen LogP contribution in [0.25, 0.3) is 34.6 Å². The lowest BCUT2D eigenvalue weighted by Crippen LogP contribution is -2.21. The van der Waals surface area contributed by atoms with E-state index < -0.39 is 0 Å². The van der Waals surface area contributed by atoms with Crippen molar-refractivity contribution in [2.24, 2.45) is 0 Å². The maximum atomic E-state index is 4.17. The fourth-order valence-electron chi connectivity index (χ4n) is 3.07. The highest BCUT2D eigenvalue weighted by Gasteiger charge is 2.11. The van der Waals surface area contributed by atoms with Gasteiger partial charge < -0.3 is 0 Å². The number of rotatable bonds is 2. The van der Waals surface area contributed by atoms with E-state index in [0.717, 1.165) is 5.57 Å². The van der Waals surface area contributed by atoms with Crippen molar-refractivity contribution < 1.29 is 0 Å². The van der Waals surface area contributed by atoms with Crippen molar-refractivity contribution >= 4 is 34.6 Å². The van der Waals surface area contributed by atoms with Crippen LogP contribution in [0.1, 0.15) is 100 Å². The zero-order valence-corrected chi connectivity index (χ0v) is 20.9. The molecule has 0 radical (unpaired) electrons. The summed E-state index contributed by atoms with van der Waals surface area (Å²) >= 11 is 0. The van der Waals surface area contributed by atoms with E-state index in [2.05, 4.69) is 71.2 Å². The van der Waals surface area contributed by atoms with Gasteiger partial charge in [0, 0.05) is 0 Å². The second kappa shape index (κ2) is 20.6. The average Bonchev–Trinajstić information content (AvgIpc) is 2.77. The van der Waals surface area contributed by atoms with Gasteiger partial charge in [0.2, 0.25) is 0 Å². The van der Waals surface area contributed by atoms with Crippen LogP contribution in [-0.4, -0.2) is 0 Å². The van der Waals surface area contributed by atoms with Gasteiger partial charge in [0.15, 0.2) is 0 Å². The third-order valence-corrected chi connectivity index (χ3v) is 3.87. The molecule has 2 aromatic carbocycles. The fourth-order valence-corrected chi connectivity index (χ4v) is 3.07. The molecule has 0 amide bonds. The van der Waals surface area contributed by atoms with E-state index >= 15 is 0 Å². The lowest BCUT2D eigenvalue weighted by atomic mass is 9.89. The summed E-state index contributed by atoms with van der Waals surface area (Å²) in [5.74, 6) is 0. The van der Waals surface area contributed by atoms with Gasteiger partial charge in [0.25, 0.3) is 0 Å². The molecule has 0 unspecified atom stereocenters. The van der Waals surface area contributed by atoms with Crippen molar-refractivity contribution in [3.05, 3.63) is 58.5 Å². The van der Waals surface area contributed by atoms with Crippen LogP contribution in [0.2, 0.25) is 0 Å². The molecule has 0 bridgehead atoms. The van der Waals surface area contributed by atoms with Gasteiger partial charge in [-0.3, -0.25) is 0 Å². The van der Waals surface area contributed by atoms with E-state index in [4.69, 9.17) is 0 Å². The topological polar surface area (TPSA) is 0 Å². The van der Waals surface area contributed by atoms with E-state index in [0.29, 0.717) is 0 Å². The highest BCUT2D eigenvalue weighted by molar-refractivity contribution is 5.94. The van der Waals surface area contributed by atoms with Crippen LogP contribution in [0.15, 0.2) is 31.4 Å². The molecule has 0 saturated heterocycles. The number of aryl methyl sites for hydroxylation is 1. The van der Waals surface area contributed by atoms with Crippen LogP contribution in [0.5, 0.6) is 0 Å². The molecule has 2 aromatic rings. The van der Waals surface area contributed by atoms with E-state index in [1.165, 1.54) is 37.9 Å². The van der Waals surface area contributed by atoms with Crippen LogP contribution < -0.4 is 10.4 Å². The SMILES string of the molecule is C.C=Cc1c(C(=C)C)/c(=C\C)c2cccc(C)c2/c1=C\C.CC.CC.CC.CC.